The normalized spacial score (nSPS) is 14.5. The van der Waals surface area contributed by atoms with Gasteiger partial charge in [-0.2, -0.15) is 10.2 Å². The molecule has 3 heterocycles. The smallest absolute Gasteiger partial charge is 0.227 e. The number of hydrogen-bond acceptors (Lipinski definition) is 3. The number of benzene rings is 1. The zero-order chi connectivity index (χ0) is 18.3. The van der Waals surface area contributed by atoms with Crippen LogP contribution < -0.4 is 0 Å². The number of carbonyl (C=O) groups is 1. The van der Waals surface area contributed by atoms with Crippen LogP contribution >= 0.6 is 11.6 Å². The zero-order valence-electron chi connectivity index (χ0n) is 14.8. The van der Waals surface area contributed by atoms with Crippen molar-refractivity contribution in [3.63, 3.8) is 0 Å². The van der Waals surface area contributed by atoms with Crippen molar-refractivity contribution in [3.05, 3.63) is 64.7 Å². The first-order valence-electron chi connectivity index (χ1n) is 8.61. The van der Waals surface area contributed by atoms with Crippen molar-refractivity contribution in [2.75, 3.05) is 13.1 Å². The van der Waals surface area contributed by atoms with Crippen LogP contribution in [0.5, 0.6) is 0 Å². The molecule has 7 heteroatoms. The molecule has 1 aliphatic rings. The van der Waals surface area contributed by atoms with Gasteiger partial charge in [0, 0.05) is 41.8 Å². The van der Waals surface area contributed by atoms with E-state index in [-0.39, 0.29) is 11.9 Å². The molecule has 0 unspecified atom stereocenters. The second-order valence-corrected chi connectivity index (χ2v) is 7.09. The van der Waals surface area contributed by atoms with E-state index < -0.39 is 0 Å². The summed E-state index contributed by atoms with van der Waals surface area (Å²) < 4.78 is 3.79. The third-order valence-corrected chi connectivity index (χ3v) is 5.21. The molecule has 2 aromatic heterocycles. The maximum atomic E-state index is 12.6. The van der Waals surface area contributed by atoms with E-state index in [1.807, 2.05) is 64.6 Å². The molecule has 0 atom stereocenters. The minimum Gasteiger partial charge on any atom is -0.338 e. The SMILES string of the molecule is Cc1nn(-c2ccc(Cl)cc2)c(C)c1CC(=O)N1CC(n2cccn2)C1. The van der Waals surface area contributed by atoms with Crippen molar-refractivity contribution in [3.8, 4) is 5.69 Å². The third kappa shape index (κ3) is 3.01. The fourth-order valence-electron chi connectivity index (χ4n) is 3.35. The van der Waals surface area contributed by atoms with Gasteiger partial charge in [0.1, 0.15) is 0 Å². The van der Waals surface area contributed by atoms with Gasteiger partial charge in [-0.15, -0.1) is 0 Å². The molecule has 0 saturated carbocycles. The van der Waals surface area contributed by atoms with Crippen molar-refractivity contribution in [2.24, 2.45) is 0 Å². The number of nitrogens with zero attached hydrogens (tertiary/aromatic N) is 5. The van der Waals surface area contributed by atoms with Crippen LogP contribution in [-0.2, 0) is 11.2 Å². The first-order valence-corrected chi connectivity index (χ1v) is 8.98. The second-order valence-electron chi connectivity index (χ2n) is 6.65. The number of aryl methyl sites for hydroxylation is 1. The molecular weight excluding hydrogens is 350 g/mol. The molecule has 4 rings (SSSR count). The average molecular weight is 370 g/mol. The molecule has 0 N–H and O–H groups in total. The third-order valence-electron chi connectivity index (χ3n) is 4.95. The predicted octanol–water partition coefficient (Wildman–Crippen LogP) is 2.97. The van der Waals surface area contributed by atoms with Crippen molar-refractivity contribution in [1.29, 1.82) is 0 Å². The van der Waals surface area contributed by atoms with Gasteiger partial charge < -0.3 is 4.90 Å². The Kier molecular flexibility index (Phi) is 4.28. The Morgan fingerprint density at radius 2 is 1.96 bits per heavy atom. The lowest BCUT2D eigenvalue weighted by Crippen LogP contribution is -2.51. The Labute approximate surface area is 157 Å². The molecule has 0 aliphatic carbocycles. The standard InChI is InChI=1S/C19H20ClN5O/c1-13-18(14(2)25(22-13)16-6-4-15(20)5-7-16)10-19(26)23-11-17(12-23)24-9-3-8-21-24/h3-9,17H,10-12H2,1-2H3. The molecule has 1 aromatic carbocycles. The van der Waals surface area contributed by atoms with E-state index in [4.69, 9.17) is 11.6 Å². The van der Waals surface area contributed by atoms with E-state index in [0.717, 1.165) is 22.6 Å². The maximum Gasteiger partial charge on any atom is 0.227 e. The van der Waals surface area contributed by atoms with Gasteiger partial charge in [0.25, 0.3) is 0 Å². The van der Waals surface area contributed by atoms with Gasteiger partial charge in [-0.25, -0.2) is 4.68 Å². The molecule has 1 amide bonds. The number of likely N-dealkylation sites (tertiary alicyclic amines) is 1. The molecule has 1 fully saturated rings. The Morgan fingerprint density at radius 3 is 2.62 bits per heavy atom. The van der Waals surface area contributed by atoms with Gasteiger partial charge in [0.2, 0.25) is 5.91 Å². The molecule has 1 aliphatic heterocycles. The van der Waals surface area contributed by atoms with E-state index in [0.29, 0.717) is 24.5 Å². The maximum absolute atomic E-state index is 12.6. The number of carbonyl (C=O) groups excluding carboxylic acids is 1. The molecule has 3 aromatic rings. The summed E-state index contributed by atoms with van der Waals surface area (Å²) in [7, 11) is 0. The first kappa shape index (κ1) is 16.8. The molecule has 1 saturated heterocycles. The lowest BCUT2D eigenvalue weighted by atomic mass is 10.1. The van der Waals surface area contributed by atoms with Crippen molar-refractivity contribution >= 4 is 17.5 Å². The summed E-state index contributed by atoms with van der Waals surface area (Å²) in [6, 6.07) is 9.73. The quantitative estimate of drug-likeness (QED) is 0.710. The summed E-state index contributed by atoms with van der Waals surface area (Å²) >= 11 is 5.96. The van der Waals surface area contributed by atoms with Crippen LogP contribution in [0.25, 0.3) is 5.69 Å². The molecule has 6 nitrogen and oxygen atoms in total. The molecule has 26 heavy (non-hydrogen) atoms. The van der Waals surface area contributed by atoms with Gasteiger partial charge in [0.15, 0.2) is 0 Å². The van der Waals surface area contributed by atoms with Crippen LogP contribution in [0.15, 0.2) is 42.7 Å². The van der Waals surface area contributed by atoms with Crippen LogP contribution in [-0.4, -0.2) is 43.5 Å². The van der Waals surface area contributed by atoms with Gasteiger partial charge in [0.05, 0.1) is 23.8 Å². The highest BCUT2D eigenvalue weighted by atomic mass is 35.5. The monoisotopic (exact) mass is 369 g/mol. The van der Waals surface area contributed by atoms with Gasteiger partial charge in [-0.05, 0) is 44.2 Å². The van der Waals surface area contributed by atoms with Crippen molar-refractivity contribution in [1.82, 2.24) is 24.5 Å². The van der Waals surface area contributed by atoms with Crippen molar-refractivity contribution in [2.45, 2.75) is 26.3 Å². The average Bonchev–Trinajstić information content (AvgIpc) is 3.18. The Morgan fingerprint density at radius 1 is 1.23 bits per heavy atom. The summed E-state index contributed by atoms with van der Waals surface area (Å²) in [4.78, 5) is 14.5. The Balaban J connectivity index is 1.47. The number of aromatic nitrogens is 4. The van der Waals surface area contributed by atoms with Crippen LogP contribution in [0.4, 0.5) is 0 Å². The molecular formula is C19H20ClN5O. The number of halogens is 1. The number of amides is 1. The minimum atomic E-state index is 0.135. The summed E-state index contributed by atoms with van der Waals surface area (Å²) in [6.45, 7) is 5.37. The Hall–Kier alpha value is -2.60. The zero-order valence-corrected chi connectivity index (χ0v) is 15.5. The second kappa shape index (κ2) is 6.61. The van der Waals surface area contributed by atoms with Crippen LogP contribution in [0.3, 0.4) is 0 Å². The van der Waals surface area contributed by atoms with Gasteiger partial charge in [-0.3, -0.25) is 9.48 Å². The lowest BCUT2D eigenvalue weighted by Gasteiger charge is -2.39. The highest BCUT2D eigenvalue weighted by Crippen LogP contribution is 2.24. The van der Waals surface area contributed by atoms with E-state index >= 15 is 0 Å². The largest absolute Gasteiger partial charge is 0.338 e. The summed E-state index contributed by atoms with van der Waals surface area (Å²) in [5, 5.41) is 9.54. The van der Waals surface area contributed by atoms with E-state index in [1.165, 1.54) is 0 Å². The number of hydrogen-bond donors (Lipinski definition) is 0. The van der Waals surface area contributed by atoms with Crippen LogP contribution in [0.2, 0.25) is 5.02 Å². The van der Waals surface area contributed by atoms with E-state index in [9.17, 15) is 4.79 Å². The summed E-state index contributed by atoms with van der Waals surface area (Å²) in [6.07, 6.45) is 4.08. The predicted molar refractivity (Wildman–Crippen MR) is 99.6 cm³/mol. The first-order chi connectivity index (χ1) is 12.5. The molecule has 134 valence electrons. The molecule has 0 spiro atoms. The number of rotatable bonds is 4. The molecule has 0 bridgehead atoms. The van der Waals surface area contributed by atoms with Crippen molar-refractivity contribution < 1.29 is 4.79 Å². The summed E-state index contributed by atoms with van der Waals surface area (Å²) in [5.41, 5.74) is 3.81. The van der Waals surface area contributed by atoms with Crippen LogP contribution in [0, 0.1) is 13.8 Å². The molecule has 0 radical (unpaired) electrons. The fraction of sp³-hybridized carbons (Fsp3) is 0.316. The summed E-state index contributed by atoms with van der Waals surface area (Å²) in [5.74, 6) is 0.135. The van der Waals surface area contributed by atoms with Crippen LogP contribution in [0.1, 0.15) is 23.0 Å². The highest BCUT2D eigenvalue weighted by molar-refractivity contribution is 6.30. The highest BCUT2D eigenvalue weighted by Gasteiger charge is 2.32. The van der Waals surface area contributed by atoms with E-state index in [2.05, 4.69) is 10.2 Å². The van der Waals surface area contributed by atoms with E-state index in [1.54, 1.807) is 6.20 Å². The Bertz CT molecular complexity index is 924. The fourth-order valence-corrected chi connectivity index (χ4v) is 3.48. The topological polar surface area (TPSA) is 56.0 Å². The van der Waals surface area contributed by atoms with Gasteiger partial charge >= 0.3 is 0 Å². The minimum absolute atomic E-state index is 0.135. The lowest BCUT2D eigenvalue weighted by molar-refractivity contribution is -0.136. The van der Waals surface area contributed by atoms with Gasteiger partial charge in [-0.1, -0.05) is 11.6 Å².